The number of nitrogens with one attached hydrogen (secondary N) is 1. The summed E-state index contributed by atoms with van der Waals surface area (Å²) in [6.45, 7) is 9.67. The van der Waals surface area contributed by atoms with Gasteiger partial charge in [0.25, 0.3) is 0 Å². The van der Waals surface area contributed by atoms with Crippen molar-refractivity contribution in [1.29, 1.82) is 0 Å². The van der Waals surface area contributed by atoms with Crippen LogP contribution in [0.2, 0.25) is 0 Å². The highest BCUT2D eigenvalue weighted by atomic mass is 16.4. The van der Waals surface area contributed by atoms with Gasteiger partial charge in [-0.05, 0) is 56.7 Å². The third-order valence-corrected chi connectivity index (χ3v) is 4.80. The van der Waals surface area contributed by atoms with E-state index in [0.717, 1.165) is 16.9 Å². The van der Waals surface area contributed by atoms with Gasteiger partial charge < -0.3 is 10.0 Å². The second kappa shape index (κ2) is 8.14. The van der Waals surface area contributed by atoms with E-state index in [1.807, 2.05) is 19.1 Å². The topological polar surface area (TPSA) is 82.0 Å². The van der Waals surface area contributed by atoms with Crippen LogP contribution >= 0.6 is 0 Å². The zero-order valence-electron chi connectivity index (χ0n) is 16.6. The molecule has 0 bridgehead atoms. The van der Waals surface area contributed by atoms with Gasteiger partial charge in [-0.1, -0.05) is 24.8 Å². The molecule has 6 heteroatoms. The van der Waals surface area contributed by atoms with E-state index in [9.17, 15) is 9.59 Å². The van der Waals surface area contributed by atoms with Gasteiger partial charge in [-0.3, -0.25) is 10.2 Å². The molecule has 148 valence electrons. The predicted octanol–water partition coefficient (Wildman–Crippen LogP) is 4.29. The van der Waals surface area contributed by atoms with E-state index in [2.05, 4.69) is 35.0 Å². The van der Waals surface area contributed by atoms with E-state index in [-0.39, 0.29) is 17.4 Å². The maximum atomic E-state index is 12.1. The summed E-state index contributed by atoms with van der Waals surface area (Å²) in [7, 11) is 0. The van der Waals surface area contributed by atoms with Crippen molar-refractivity contribution < 1.29 is 14.7 Å². The molecule has 0 spiro atoms. The van der Waals surface area contributed by atoms with E-state index in [4.69, 9.17) is 5.11 Å². The summed E-state index contributed by atoms with van der Waals surface area (Å²) in [5.74, 6) is -0.978. The van der Waals surface area contributed by atoms with Crippen molar-refractivity contribution in [2.75, 3.05) is 4.90 Å². The molecule has 0 saturated heterocycles. The Kier molecular flexibility index (Phi) is 5.64. The number of aromatic carboxylic acids is 1. The molecule has 0 aliphatic carbocycles. The minimum absolute atomic E-state index is 0.00774. The number of hydrazone groups is 1. The molecular weight excluding hydrogens is 366 g/mol. The molecule has 0 aromatic heterocycles. The van der Waals surface area contributed by atoms with Crippen LogP contribution in [0.5, 0.6) is 0 Å². The van der Waals surface area contributed by atoms with Crippen LogP contribution in [-0.2, 0) is 0 Å². The smallest absolute Gasteiger partial charge is 0.335 e. The highest BCUT2D eigenvalue weighted by molar-refractivity contribution is 6.01. The van der Waals surface area contributed by atoms with Gasteiger partial charge >= 0.3 is 5.97 Å². The number of carbonyl (C=O) groups excluding carboxylic acids is 1. The summed E-state index contributed by atoms with van der Waals surface area (Å²) in [5, 5.41) is 13.2. The van der Waals surface area contributed by atoms with Crippen molar-refractivity contribution in [3.63, 3.8) is 0 Å². The molecule has 1 aliphatic heterocycles. The molecule has 3 rings (SSSR count). The van der Waals surface area contributed by atoms with Crippen molar-refractivity contribution in [3.05, 3.63) is 83.1 Å². The molecular formula is C23H23N3O3. The van der Waals surface area contributed by atoms with E-state index in [1.54, 1.807) is 25.1 Å². The van der Waals surface area contributed by atoms with Crippen LogP contribution in [0.3, 0.4) is 0 Å². The normalized spacial score (nSPS) is 15.6. The Labute approximate surface area is 169 Å². The van der Waals surface area contributed by atoms with Gasteiger partial charge in [-0.15, -0.1) is 0 Å². The van der Waals surface area contributed by atoms with Crippen LogP contribution in [-0.4, -0.2) is 29.1 Å². The van der Waals surface area contributed by atoms with Gasteiger partial charge in [0.1, 0.15) is 0 Å². The number of hydrogen-bond acceptors (Lipinski definition) is 5. The SMILES string of the molecule is C=C(N/N=C/c1cccc(C(=O)O)c1)c1ccc(C(C)=O)c(N2C(C)=CC2C)c1. The largest absolute Gasteiger partial charge is 0.478 e. The number of carboxylic acid groups (broad SMARTS) is 1. The van der Waals surface area contributed by atoms with Crippen molar-refractivity contribution in [2.24, 2.45) is 5.10 Å². The first-order valence-corrected chi connectivity index (χ1v) is 9.22. The molecule has 0 fully saturated rings. The third kappa shape index (κ3) is 4.27. The Hall–Kier alpha value is -3.67. The quantitative estimate of drug-likeness (QED) is 0.419. The molecule has 2 aromatic carbocycles. The molecule has 2 aromatic rings. The lowest BCUT2D eigenvalue weighted by Crippen LogP contribution is -2.39. The van der Waals surface area contributed by atoms with Crippen LogP contribution < -0.4 is 10.3 Å². The first kappa shape index (κ1) is 20.1. The highest BCUT2D eigenvalue weighted by Crippen LogP contribution is 2.34. The summed E-state index contributed by atoms with van der Waals surface area (Å²) in [5.41, 5.74) is 7.74. The minimum atomic E-state index is -0.986. The van der Waals surface area contributed by atoms with Gasteiger partial charge in [0.15, 0.2) is 5.78 Å². The standard InChI is InChI=1S/C23H23N3O3/c1-14-10-15(2)26(14)22-12-19(8-9-21(22)17(4)27)16(3)25-24-13-18-6-5-7-20(11-18)23(28)29/h5-14,25H,3H2,1-2,4H3,(H,28,29)/b24-13+. The fourth-order valence-corrected chi connectivity index (χ4v) is 3.37. The van der Waals surface area contributed by atoms with Crippen molar-refractivity contribution in [2.45, 2.75) is 26.8 Å². The zero-order valence-corrected chi connectivity index (χ0v) is 16.6. The fraction of sp³-hybridized carbons (Fsp3) is 0.174. The van der Waals surface area contributed by atoms with Crippen LogP contribution in [0.15, 0.2) is 65.9 Å². The zero-order chi connectivity index (χ0) is 21.1. The molecule has 1 aliphatic rings. The monoisotopic (exact) mass is 389 g/mol. The Morgan fingerprint density at radius 2 is 1.97 bits per heavy atom. The number of anilines is 1. The van der Waals surface area contributed by atoms with Gasteiger partial charge in [-0.25, -0.2) is 4.79 Å². The second-order valence-corrected chi connectivity index (χ2v) is 6.99. The van der Waals surface area contributed by atoms with Gasteiger partial charge in [-0.2, -0.15) is 5.10 Å². The molecule has 0 amide bonds. The molecule has 29 heavy (non-hydrogen) atoms. The number of benzene rings is 2. The average molecular weight is 389 g/mol. The fourth-order valence-electron chi connectivity index (χ4n) is 3.37. The number of rotatable bonds is 7. The summed E-state index contributed by atoms with van der Waals surface area (Å²) < 4.78 is 0. The maximum Gasteiger partial charge on any atom is 0.335 e. The van der Waals surface area contributed by atoms with Crippen LogP contribution in [0, 0.1) is 0 Å². The molecule has 2 N–H and O–H groups in total. The number of carboxylic acids is 1. The van der Waals surface area contributed by atoms with E-state index < -0.39 is 5.97 Å². The lowest BCUT2D eigenvalue weighted by atomic mass is 9.98. The summed E-state index contributed by atoms with van der Waals surface area (Å²) in [6, 6.07) is 12.3. The Balaban J connectivity index is 1.79. The Morgan fingerprint density at radius 1 is 1.21 bits per heavy atom. The van der Waals surface area contributed by atoms with Crippen molar-refractivity contribution >= 4 is 29.4 Å². The van der Waals surface area contributed by atoms with Crippen LogP contribution in [0.4, 0.5) is 5.69 Å². The first-order valence-electron chi connectivity index (χ1n) is 9.22. The first-order chi connectivity index (χ1) is 13.8. The van der Waals surface area contributed by atoms with Gasteiger partial charge in [0.2, 0.25) is 0 Å². The van der Waals surface area contributed by atoms with Gasteiger partial charge in [0.05, 0.1) is 29.2 Å². The van der Waals surface area contributed by atoms with Crippen molar-refractivity contribution in [3.8, 4) is 0 Å². The predicted molar refractivity (Wildman–Crippen MR) is 115 cm³/mol. The lowest BCUT2D eigenvalue weighted by molar-refractivity contribution is 0.0696. The van der Waals surface area contributed by atoms with Crippen LogP contribution in [0.25, 0.3) is 5.70 Å². The number of allylic oxidation sites excluding steroid dienone is 1. The van der Waals surface area contributed by atoms with E-state index >= 15 is 0 Å². The molecule has 1 atom stereocenters. The second-order valence-electron chi connectivity index (χ2n) is 6.99. The van der Waals surface area contributed by atoms with E-state index in [1.165, 1.54) is 18.3 Å². The molecule has 1 unspecified atom stereocenters. The molecule has 0 radical (unpaired) electrons. The number of nitrogens with zero attached hydrogens (tertiary/aromatic N) is 2. The maximum absolute atomic E-state index is 12.1. The van der Waals surface area contributed by atoms with Gasteiger partial charge in [0, 0.05) is 16.8 Å². The number of ketones is 1. The number of Topliss-reactive ketones (excluding diaryl/α,β-unsaturated/α-hetero) is 1. The van der Waals surface area contributed by atoms with E-state index in [0.29, 0.717) is 16.8 Å². The summed E-state index contributed by atoms with van der Waals surface area (Å²) in [6.07, 6.45) is 3.67. The summed E-state index contributed by atoms with van der Waals surface area (Å²) in [4.78, 5) is 25.2. The minimum Gasteiger partial charge on any atom is -0.478 e. The molecule has 0 saturated carbocycles. The number of carbonyl (C=O) groups is 2. The molecule has 6 nitrogen and oxygen atoms in total. The Morgan fingerprint density at radius 3 is 2.59 bits per heavy atom. The third-order valence-electron chi connectivity index (χ3n) is 4.80. The summed E-state index contributed by atoms with van der Waals surface area (Å²) >= 11 is 0. The number of hydrogen-bond donors (Lipinski definition) is 2. The van der Waals surface area contributed by atoms with Crippen molar-refractivity contribution in [1.82, 2.24) is 5.43 Å². The lowest BCUT2D eigenvalue weighted by Gasteiger charge is -2.39. The van der Waals surface area contributed by atoms with Crippen LogP contribution in [0.1, 0.15) is 52.6 Å². The Bertz CT molecular complexity index is 1050. The average Bonchev–Trinajstić information content (AvgIpc) is 2.67. The molecule has 1 heterocycles. The highest BCUT2D eigenvalue weighted by Gasteiger charge is 2.26.